The summed E-state index contributed by atoms with van der Waals surface area (Å²) in [6.07, 6.45) is 2.24. The number of hydrogen-bond acceptors (Lipinski definition) is 6. The second-order valence-corrected chi connectivity index (χ2v) is 5.36. The summed E-state index contributed by atoms with van der Waals surface area (Å²) in [5.41, 5.74) is 8.74. The van der Waals surface area contributed by atoms with Crippen molar-refractivity contribution in [1.82, 2.24) is 15.2 Å². The maximum atomic E-state index is 5.85. The minimum atomic E-state index is 0.453. The van der Waals surface area contributed by atoms with Crippen molar-refractivity contribution >= 4 is 22.4 Å². The van der Waals surface area contributed by atoms with Crippen molar-refractivity contribution < 1.29 is 4.63 Å². The number of nitrogens with one attached hydrogen (secondary N) is 1. The Morgan fingerprint density at radius 1 is 1.37 bits per heavy atom. The monoisotopic (exact) mass is 261 g/mol. The highest BCUT2D eigenvalue weighted by atomic mass is 16.6. The van der Waals surface area contributed by atoms with Crippen LogP contribution in [0.3, 0.4) is 0 Å². The largest absolute Gasteiger partial charge is 0.397 e. The van der Waals surface area contributed by atoms with Gasteiger partial charge in [0.05, 0.1) is 11.4 Å². The lowest BCUT2D eigenvalue weighted by Crippen LogP contribution is -2.42. The fourth-order valence-corrected chi connectivity index (χ4v) is 2.64. The lowest BCUT2D eigenvalue weighted by Gasteiger charge is -2.35. The SMILES string of the molecule is CC1CC(Nc2ccc(N)c3nonc23)CCN1C. The summed E-state index contributed by atoms with van der Waals surface area (Å²) in [6.45, 7) is 3.36. The molecular weight excluding hydrogens is 242 g/mol. The van der Waals surface area contributed by atoms with E-state index in [0.717, 1.165) is 25.1 Å². The number of fused-ring (bicyclic) bond motifs is 1. The van der Waals surface area contributed by atoms with Gasteiger partial charge in [0.1, 0.15) is 0 Å². The zero-order valence-electron chi connectivity index (χ0n) is 11.3. The summed E-state index contributed by atoms with van der Waals surface area (Å²) in [5.74, 6) is 0. The normalized spacial score (nSPS) is 24.7. The van der Waals surface area contributed by atoms with Crippen LogP contribution >= 0.6 is 0 Å². The second-order valence-electron chi connectivity index (χ2n) is 5.36. The van der Waals surface area contributed by atoms with E-state index in [1.807, 2.05) is 12.1 Å². The zero-order chi connectivity index (χ0) is 13.4. The summed E-state index contributed by atoms with van der Waals surface area (Å²) in [4.78, 5) is 2.38. The van der Waals surface area contributed by atoms with Gasteiger partial charge in [0, 0.05) is 18.6 Å². The molecule has 0 amide bonds. The molecule has 6 nitrogen and oxygen atoms in total. The molecule has 0 spiro atoms. The molecule has 3 N–H and O–H groups in total. The van der Waals surface area contributed by atoms with Crippen molar-refractivity contribution in [2.24, 2.45) is 0 Å². The molecule has 1 aliphatic rings. The molecule has 1 aromatic heterocycles. The van der Waals surface area contributed by atoms with Gasteiger partial charge in [-0.25, -0.2) is 4.63 Å². The number of rotatable bonds is 2. The van der Waals surface area contributed by atoms with Gasteiger partial charge in [-0.3, -0.25) is 0 Å². The summed E-state index contributed by atoms with van der Waals surface area (Å²) in [7, 11) is 2.17. The molecule has 0 aliphatic carbocycles. The van der Waals surface area contributed by atoms with Gasteiger partial charge in [-0.2, -0.15) is 0 Å². The fourth-order valence-electron chi connectivity index (χ4n) is 2.64. The van der Waals surface area contributed by atoms with Gasteiger partial charge in [0.15, 0.2) is 11.0 Å². The number of likely N-dealkylation sites (tertiary alicyclic amines) is 1. The summed E-state index contributed by atoms with van der Waals surface area (Å²) < 4.78 is 4.79. The van der Waals surface area contributed by atoms with Crippen LogP contribution in [0, 0.1) is 0 Å². The summed E-state index contributed by atoms with van der Waals surface area (Å²) >= 11 is 0. The van der Waals surface area contributed by atoms with Crippen LogP contribution in [-0.2, 0) is 0 Å². The molecular formula is C13H19N5O. The fraction of sp³-hybridized carbons (Fsp3) is 0.538. The highest BCUT2D eigenvalue weighted by Crippen LogP contribution is 2.27. The highest BCUT2D eigenvalue weighted by molar-refractivity contribution is 5.95. The maximum absolute atomic E-state index is 5.85. The molecule has 1 fully saturated rings. The van der Waals surface area contributed by atoms with Gasteiger partial charge in [-0.1, -0.05) is 0 Å². The van der Waals surface area contributed by atoms with Crippen molar-refractivity contribution in [2.75, 3.05) is 24.6 Å². The van der Waals surface area contributed by atoms with E-state index in [9.17, 15) is 0 Å². The minimum absolute atomic E-state index is 0.453. The van der Waals surface area contributed by atoms with E-state index < -0.39 is 0 Å². The third-order valence-electron chi connectivity index (χ3n) is 4.01. The summed E-state index contributed by atoms with van der Waals surface area (Å²) in [6, 6.07) is 4.83. The molecule has 6 heteroatoms. The lowest BCUT2D eigenvalue weighted by atomic mass is 9.98. The maximum Gasteiger partial charge on any atom is 0.160 e. The van der Waals surface area contributed by atoms with Crippen LogP contribution in [0.5, 0.6) is 0 Å². The Hall–Kier alpha value is -1.82. The van der Waals surface area contributed by atoms with Crippen molar-refractivity contribution in [2.45, 2.75) is 31.8 Å². The smallest absolute Gasteiger partial charge is 0.160 e. The average Bonchev–Trinajstić information content (AvgIpc) is 2.87. The molecule has 1 saturated heterocycles. The number of hydrogen-bond donors (Lipinski definition) is 2. The third-order valence-corrected chi connectivity index (χ3v) is 4.01. The van der Waals surface area contributed by atoms with Gasteiger partial charge < -0.3 is 16.0 Å². The van der Waals surface area contributed by atoms with Crippen LogP contribution in [0.25, 0.3) is 11.0 Å². The van der Waals surface area contributed by atoms with Gasteiger partial charge in [-0.05, 0) is 49.3 Å². The van der Waals surface area contributed by atoms with Gasteiger partial charge >= 0.3 is 0 Å². The van der Waals surface area contributed by atoms with Crippen LogP contribution in [0.15, 0.2) is 16.8 Å². The Balaban J connectivity index is 1.82. The Morgan fingerprint density at radius 2 is 2.16 bits per heavy atom. The molecule has 3 rings (SSSR count). The average molecular weight is 261 g/mol. The molecule has 2 aromatic rings. The standard InChI is InChI=1S/C13H19N5O/c1-8-7-9(5-6-18(8)2)15-11-4-3-10(14)12-13(11)17-19-16-12/h3-4,8-9,15H,5-7,14H2,1-2H3. The van der Waals surface area contributed by atoms with E-state index in [0.29, 0.717) is 28.8 Å². The van der Waals surface area contributed by atoms with Gasteiger partial charge in [0.2, 0.25) is 0 Å². The predicted molar refractivity (Wildman–Crippen MR) is 75.0 cm³/mol. The molecule has 1 aliphatic heterocycles. The van der Waals surface area contributed by atoms with Crippen molar-refractivity contribution in [3.05, 3.63) is 12.1 Å². The Bertz CT molecular complexity index is 581. The van der Waals surface area contributed by atoms with Crippen LogP contribution in [-0.4, -0.2) is 40.9 Å². The van der Waals surface area contributed by atoms with Crippen LogP contribution in [0.4, 0.5) is 11.4 Å². The first-order valence-electron chi connectivity index (χ1n) is 6.62. The molecule has 19 heavy (non-hydrogen) atoms. The topological polar surface area (TPSA) is 80.2 Å². The van der Waals surface area contributed by atoms with Crippen molar-refractivity contribution in [3.8, 4) is 0 Å². The Kier molecular flexibility index (Phi) is 3.02. The number of nitrogens with zero attached hydrogens (tertiary/aromatic N) is 3. The predicted octanol–water partition coefficient (Wildman–Crippen LogP) is 1.70. The first-order chi connectivity index (χ1) is 9.15. The first-order valence-corrected chi connectivity index (χ1v) is 6.62. The first kappa shape index (κ1) is 12.2. The van der Waals surface area contributed by atoms with E-state index in [1.165, 1.54) is 0 Å². The van der Waals surface area contributed by atoms with E-state index >= 15 is 0 Å². The quantitative estimate of drug-likeness (QED) is 0.801. The minimum Gasteiger partial charge on any atom is -0.397 e. The molecule has 2 unspecified atom stereocenters. The Labute approximate surface area is 111 Å². The van der Waals surface area contributed by atoms with Gasteiger partial charge in [-0.15, -0.1) is 0 Å². The molecule has 1 aromatic carbocycles. The lowest BCUT2D eigenvalue weighted by molar-refractivity contribution is 0.190. The van der Waals surface area contributed by atoms with E-state index in [2.05, 4.69) is 34.5 Å². The van der Waals surface area contributed by atoms with E-state index in [4.69, 9.17) is 10.4 Å². The second kappa shape index (κ2) is 4.70. The number of anilines is 2. The molecule has 0 saturated carbocycles. The van der Waals surface area contributed by atoms with Crippen molar-refractivity contribution in [3.63, 3.8) is 0 Å². The molecule has 2 heterocycles. The van der Waals surface area contributed by atoms with Crippen LogP contribution in [0.2, 0.25) is 0 Å². The third kappa shape index (κ3) is 2.23. The summed E-state index contributed by atoms with van der Waals surface area (Å²) in [5, 5.41) is 11.3. The number of benzene rings is 1. The highest BCUT2D eigenvalue weighted by Gasteiger charge is 2.23. The van der Waals surface area contributed by atoms with Crippen LogP contribution in [0.1, 0.15) is 19.8 Å². The number of nitrogen functional groups attached to an aromatic ring is 1. The van der Waals surface area contributed by atoms with E-state index in [1.54, 1.807) is 0 Å². The van der Waals surface area contributed by atoms with Crippen LogP contribution < -0.4 is 11.1 Å². The number of aromatic nitrogens is 2. The molecule has 0 bridgehead atoms. The van der Waals surface area contributed by atoms with Crippen molar-refractivity contribution in [1.29, 1.82) is 0 Å². The Morgan fingerprint density at radius 3 is 2.95 bits per heavy atom. The van der Waals surface area contributed by atoms with Gasteiger partial charge in [0.25, 0.3) is 0 Å². The number of nitrogens with two attached hydrogens (primary N) is 1. The molecule has 102 valence electrons. The number of piperidine rings is 1. The van der Waals surface area contributed by atoms with E-state index in [-0.39, 0.29) is 0 Å². The zero-order valence-corrected chi connectivity index (χ0v) is 11.3. The molecule has 2 atom stereocenters. The molecule has 0 radical (unpaired) electrons.